The second kappa shape index (κ2) is 16.8. The van der Waals surface area contributed by atoms with Gasteiger partial charge in [0.2, 0.25) is 0 Å². The first-order valence-corrected chi connectivity index (χ1v) is 33.5. The maximum absolute atomic E-state index is 2.64. The lowest BCUT2D eigenvalue weighted by Crippen LogP contribution is -2.20. The monoisotopic (exact) mass is 1200 g/mol. The summed E-state index contributed by atoms with van der Waals surface area (Å²) in [6.07, 6.45) is 0.886. The van der Waals surface area contributed by atoms with Crippen LogP contribution < -0.4 is 0 Å². The Kier molecular flexibility index (Phi) is 9.46. The average Bonchev–Trinajstić information content (AvgIpc) is 1.51. The summed E-state index contributed by atoms with van der Waals surface area (Å²) < 4.78 is 12.9. The van der Waals surface area contributed by atoms with Gasteiger partial charge in [-0.3, -0.25) is 0 Å². The SMILES string of the molecule is CC(C)(C)c1ccc2c(c1)c1cc(C(C)(C)C)cc3c4c5c6cc(C(C)(C)Cc7ccc8c(c7)c7cccc9c%10cc%11c(cc%10n8c79)c7cc8c(cc7n%11-c7ccccc7)c7cccc9c%10ccccc%10n8c97)ccc6n6c7ccc(C(C)(C)C)cc7c(cc4n2c13)c56. The summed E-state index contributed by atoms with van der Waals surface area (Å²) in [5.74, 6) is 0. The van der Waals surface area contributed by atoms with Crippen molar-refractivity contribution >= 4 is 174 Å². The summed E-state index contributed by atoms with van der Waals surface area (Å²) in [4.78, 5) is 0. The summed E-state index contributed by atoms with van der Waals surface area (Å²) in [5, 5.41) is 23.7. The Hall–Kier alpha value is -10.4. The second-order valence-corrected chi connectivity index (χ2v) is 31.5. The first kappa shape index (κ1) is 52.3. The van der Waals surface area contributed by atoms with Gasteiger partial charge in [0, 0.05) is 103 Å². The van der Waals surface area contributed by atoms with Crippen LogP contribution in [-0.4, -0.2) is 22.2 Å². The van der Waals surface area contributed by atoms with Gasteiger partial charge in [0.05, 0.1) is 77.2 Å². The molecule has 93 heavy (non-hydrogen) atoms. The zero-order valence-corrected chi connectivity index (χ0v) is 54.6. The summed E-state index contributed by atoms with van der Waals surface area (Å²) in [7, 11) is 0. The summed E-state index contributed by atoms with van der Waals surface area (Å²) in [6, 6.07) is 80.7. The van der Waals surface area contributed by atoms with Crippen molar-refractivity contribution in [1.82, 2.24) is 22.2 Å². The maximum atomic E-state index is 2.64. The molecule has 9 heterocycles. The molecule has 0 spiro atoms. The highest BCUT2D eigenvalue weighted by molar-refractivity contribution is 6.38. The molecule has 0 saturated heterocycles. The van der Waals surface area contributed by atoms with Crippen molar-refractivity contribution in [2.24, 2.45) is 0 Å². The van der Waals surface area contributed by atoms with Gasteiger partial charge in [0.15, 0.2) is 0 Å². The topological polar surface area (TPSA) is 22.6 Å². The Morgan fingerprint density at radius 3 is 1.22 bits per heavy atom. The van der Waals surface area contributed by atoms with Crippen LogP contribution >= 0.6 is 0 Å². The zero-order valence-electron chi connectivity index (χ0n) is 54.6. The molecule has 446 valence electrons. The molecule has 9 aromatic heterocycles. The quantitative estimate of drug-likeness (QED) is 0.168. The molecule has 0 unspecified atom stereocenters. The van der Waals surface area contributed by atoms with Crippen molar-refractivity contribution in [3.8, 4) is 5.69 Å². The predicted molar refractivity (Wildman–Crippen MR) is 399 cm³/mol. The number of benzene rings is 12. The highest BCUT2D eigenvalue weighted by Gasteiger charge is 2.32. The number of para-hydroxylation sites is 4. The first-order valence-electron chi connectivity index (χ1n) is 33.5. The molecule has 0 aliphatic heterocycles. The number of rotatable bonds is 4. The number of hydrogen-bond acceptors (Lipinski definition) is 0. The molecule has 5 heteroatoms. The molecular weight excluding hydrogens is 1130 g/mol. The van der Waals surface area contributed by atoms with Crippen LogP contribution in [0, 0.1) is 0 Å². The van der Waals surface area contributed by atoms with Crippen molar-refractivity contribution in [2.45, 2.75) is 104 Å². The lowest BCUT2D eigenvalue weighted by atomic mass is 9.78. The fourth-order valence-corrected chi connectivity index (χ4v) is 18.0. The van der Waals surface area contributed by atoms with Crippen LogP contribution in [0.4, 0.5) is 0 Å². The van der Waals surface area contributed by atoms with E-state index in [1.165, 1.54) is 208 Å². The molecule has 21 rings (SSSR count). The molecule has 0 saturated carbocycles. The third kappa shape index (κ3) is 6.53. The third-order valence-corrected chi connectivity index (χ3v) is 22.6. The van der Waals surface area contributed by atoms with Crippen LogP contribution in [-0.2, 0) is 28.1 Å². The minimum absolute atomic E-state index is 0.00607. The molecule has 0 N–H and O–H groups in total. The van der Waals surface area contributed by atoms with E-state index in [0.29, 0.717) is 0 Å². The van der Waals surface area contributed by atoms with Crippen LogP contribution in [0.1, 0.15) is 104 Å². The minimum Gasteiger partial charge on any atom is -0.309 e. The minimum atomic E-state index is -0.210. The lowest BCUT2D eigenvalue weighted by Gasteiger charge is -2.26. The van der Waals surface area contributed by atoms with Crippen LogP contribution in [0.2, 0.25) is 0 Å². The molecular formula is C88H69N5. The van der Waals surface area contributed by atoms with Gasteiger partial charge < -0.3 is 22.2 Å². The van der Waals surface area contributed by atoms with E-state index in [9.17, 15) is 0 Å². The van der Waals surface area contributed by atoms with E-state index in [1.807, 2.05) is 0 Å². The second-order valence-electron chi connectivity index (χ2n) is 31.5. The predicted octanol–water partition coefficient (Wildman–Crippen LogP) is 23.8. The molecule has 0 radical (unpaired) electrons. The highest BCUT2D eigenvalue weighted by Crippen LogP contribution is 2.52. The number of aromatic nitrogens is 5. The highest BCUT2D eigenvalue weighted by atomic mass is 15.0. The Balaban J connectivity index is 0.757. The van der Waals surface area contributed by atoms with E-state index < -0.39 is 0 Å². The fourth-order valence-electron chi connectivity index (χ4n) is 18.0. The summed E-state index contributed by atoms with van der Waals surface area (Å²) in [6.45, 7) is 26.1. The van der Waals surface area contributed by atoms with Gasteiger partial charge in [-0.05, 0) is 165 Å². The molecule has 0 bridgehead atoms. The van der Waals surface area contributed by atoms with Crippen molar-refractivity contribution < 1.29 is 0 Å². The first-order chi connectivity index (χ1) is 44.8. The van der Waals surface area contributed by atoms with Crippen LogP contribution in [0.5, 0.6) is 0 Å². The van der Waals surface area contributed by atoms with Crippen molar-refractivity contribution in [3.63, 3.8) is 0 Å². The normalized spacial score (nSPS) is 13.8. The average molecular weight is 1200 g/mol. The summed E-state index contributed by atoms with van der Waals surface area (Å²) >= 11 is 0. The van der Waals surface area contributed by atoms with Crippen LogP contribution in [0.3, 0.4) is 0 Å². The largest absolute Gasteiger partial charge is 0.309 e. The molecule has 0 aliphatic carbocycles. The van der Waals surface area contributed by atoms with E-state index >= 15 is 0 Å². The van der Waals surface area contributed by atoms with Gasteiger partial charge in [-0.25, -0.2) is 0 Å². The zero-order chi connectivity index (χ0) is 62.6. The molecule has 12 aromatic carbocycles. The maximum Gasteiger partial charge on any atom is 0.0628 e. The number of hydrogen-bond donors (Lipinski definition) is 0. The van der Waals surface area contributed by atoms with E-state index in [2.05, 4.69) is 305 Å². The Morgan fingerprint density at radius 2 is 0.624 bits per heavy atom. The van der Waals surface area contributed by atoms with Gasteiger partial charge >= 0.3 is 0 Å². The number of fused-ring (bicyclic) bond motifs is 28. The van der Waals surface area contributed by atoms with Crippen molar-refractivity contribution in [2.75, 3.05) is 0 Å². The smallest absolute Gasteiger partial charge is 0.0628 e. The van der Waals surface area contributed by atoms with Crippen LogP contribution in [0.15, 0.2) is 206 Å². The molecule has 21 aromatic rings. The van der Waals surface area contributed by atoms with Gasteiger partial charge in [-0.15, -0.1) is 0 Å². The van der Waals surface area contributed by atoms with E-state index in [0.717, 1.165) is 6.42 Å². The molecule has 0 amide bonds. The molecule has 0 fully saturated rings. The van der Waals surface area contributed by atoms with Crippen LogP contribution in [0.25, 0.3) is 180 Å². The lowest BCUT2D eigenvalue weighted by molar-refractivity contribution is 0.523. The van der Waals surface area contributed by atoms with Gasteiger partial charge in [-0.2, -0.15) is 0 Å². The molecule has 0 atom stereocenters. The fraction of sp³-hybridized carbons (Fsp3) is 0.182. The Morgan fingerprint density at radius 1 is 0.237 bits per heavy atom. The van der Waals surface area contributed by atoms with E-state index in [4.69, 9.17) is 0 Å². The standard InChI is InChI=1S/C88H69N5/c1-85(2,3)48-29-33-72-59(36-48)65-39-51(87(7,8)9)40-68-79-78(93(72)83(65)68)45-66-60-37-49(86(4,5)6)28-32-71(60)90-73-34-30-50(38-67(73)80(79)84(66)90)88(10,11)46-47-27-31-70-58(35-47)55-23-18-25-57-62-42-75-64(44-77(62)92(70)82(55)57)63-43-76-61(41-74(63)89(75)52-19-13-12-14-20-52)56-24-17-22-54-53-21-15-16-26-69(53)91(76)81(54)56/h12-45H,46H2,1-11H3. The molecule has 0 aliphatic rings. The van der Waals surface area contributed by atoms with Crippen molar-refractivity contribution in [3.05, 3.63) is 234 Å². The van der Waals surface area contributed by atoms with Crippen molar-refractivity contribution in [1.29, 1.82) is 0 Å². The number of nitrogens with zero attached hydrogens (tertiary/aromatic N) is 5. The van der Waals surface area contributed by atoms with Gasteiger partial charge in [-0.1, -0.05) is 173 Å². The third-order valence-electron chi connectivity index (χ3n) is 22.6. The summed E-state index contributed by atoms with van der Waals surface area (Å²) in [5.41, 5.74) is 25.6. The van der Waals surface area contributed by atoms with E-state index in [-0.39, 0.29) is 21.7 Å². The van der Waals surface area contributed by atoms with Gasteiger partial charge in [0.25, 0.3) is 0 Å². The molecule has 5 nitrogen and oxygen atoms in total. The van der Waals surface area contributed by atoms with Gasteiger partial charge in [0.1, 0.15) is 0 Å². The Labute approximate surface area is 537 Å². The Bertz CT molecular complexity index is 6880. The van der Waals surface area contributed by atoms with E-state index in [1.54, 1.807) is 0 Å².